The first-order valence-corrected chi connectivity index (χ1v) is 7.83. The van der Waals surface area contributed by atoms with Crippen molar-refractivity contribution >= 4 is 53.4 Å². The molecule has 0 bridgehead atoms. The van der Waals surface area contributed by atoms with E-state index in [1.165, 1.54) is 0 Å². The van der Waals surface area contributed by atoms with Crippen molar-refractivity contribution in [3.63, 3.8) is 0 Å². The molecule has 1 N–H and O–H groups in total. The van der Waals surface area contributed by atoms with Crippen molar-refractivity contribution in [1.82, 2.24) is 15.2 Å². The Hall–Kier alpha value is -0.660. The van der Waals surface area contributed by atoms with Crippen molar-refractivity contribution < 1.29 is 4.79 Å². The quantitative estimate of drug-likeness (QED) is 0.853. The lowest BCUT2D eigenvalue weighted by molar-refractivity contribution is -0.129. The third kappa shape index (κ3) is 5.92. The third-order valence-electron chi connectivity index (χ3n) is 2.74. The predicted octanol–water partition coefficient (Wildman–Crippen LogP) is 2.94. The summed E-state index contributed by atoms with van der Waals surface area (Å²) in [5, 5.41) is 8.04. The monoisotopic (exact) mass is 367 g/mol. The van der Waals surface area contributed by atoms with E-state index in [1.54, 1.807) is 27.6 Å². The number of thiophene rings is 1. The van der Waals surface area contributed by atoms with E-state index in [0.29, 0.717) is 6.42 Å². The molecule has 0 radical (unpaired) electrons. The summed E-state index contributed by atoms with van der Waals surface area (Å²) in [6.07, 6.45) is 0.377. The Bertz CT molecular complexity index is 531. The first-order valence-electron chi connectivity index (χ1n) is 6.07. The number of nitrogens with one attached hydrogen (secondary N) is 1. The Morgan fingerprint density at radius 2 is 2.14 bits per heavy atom. The fraction of sp³-hybridized carbons (Fsp3) is 0.385. The van der Waals surface area contributed by atoms with E-state index in [1.807, 2.05) is 37.0 Å². The van der Waals surface area contributed by atoms with Gasteiger partial charge in [-0.25, -0.2) is 4.98 Å². The molecule has 118 valence electrons. The molecule has 2 aromatic heterocycles. The van der Waals surface area contributed by atoms with Gasteiger partial charge in [0, 0.05) is 25.5 Å². The second-order valence-electron chi connectivity index (χ2n) is 4.22. The zero-order valence-electron chi connectivity index (χ0n) is 11.9. The number of carbonyl (C=O) groups is 1. The van der Waals surface area contributed by atoms with Crippen LogP contribution in [0.25, 0.3) is 9.88 Å². The van der Waals surface area contributed by atoms with Gasteiger partial charge >= 0.3 is 0 Å². The molecule has 2 heterocycles. The second kappa shape index (κ2) is 10.1. The third-order valence-corrected chi connectivity index (χ3v) is 4.67. The number of carbonyl (C=O) groups excluding carboxylic acids is 1. The fourth-order valence-electron chi connectivity index (χ4n) is 1.60. The normalized spacial score (nSPS) is 9.62. The zero-order valence-corrected chi connectivity index (χ0v) is 15.1. The lowest BCUT2D eigenvalue weighted by atomic mass is 10.3. The standard InChI is InChI=1S/C13H17N3OS2.2ClH/c1-14-5-6-16(2)12(17)8-10-9-19-13(15-10)11-4-3-7-18-11;;/h3-4,7,9,14H,5-6,8H2,1-2H3;2*1H. The van der Waals surface area contributed by atoms with E-state index in [-0.39, 0.29) is 30.7 Å². The molecule has 0 atom stereocenters. The maximum Gasteiger partial charge on any atom is 0.228 e. The molecule has 21 heavy (non-hydrogen) atoms. The van der Waals surface area contributed by atoms with Crippen molar-refractivity contribution in [2.75, 3.05) is 27.2 Å². The average molecular weight is 368 g/mol. The zero-order chi connectivity index (χ0) is 13.7. The first-order chi connectivity index (χ1) is 9.20. The number of thiazole rings is 1. The molecule has 0 aliphatic heterocycles. The van der Waals surface area contributed by atoms with Gasteiger partial charge in [-0.05, 0) is 18.5 Å². The lowest BCUT2D eigenvalue weighted by Gasteiger charge is -2.15. The van der Waals surface area contributed by atoms with Gasteiger partial charge in [-0.1, -0.05) is 6.07 Å². The van der Waals surface area contributed by atoms with Crippen molar-refractivity contribution in [2.45, 2.75) is 6.42 Å². The van der Waals surface area contributed by atoms with Crippen LogP contribution in [0.3, 0.4) is 0 Å². The molecule has 0 spiro atoms. The number of rotatable bonds is 6. The summed E-state index contributed by atoms with van der Waals surface area (Å²) in [5.74, 6) is 0.110. The molecule has 4 nitrogen and oxygen atoms in total. The number of amides is 1. The van der Waals surface area contributed by atoms with Crippen LogP contribution in [0.5, 0.6) is 0 Å². The van der Waals surface area contributed by atoms with Gasteiger partial charge in [0.05, 0.1) is 17.0 Å². The van der Waals surface area contributed by atoms with Crippen LogP contribution < -0.4 is 5.32 Å². The summed E-state index contributed by atoms with van der Waals surface area (Å²) >= 11 is 3.27. The molecule has 0 saturated heterocycles. The van der Waals surface area contributed by atoms with Crippen LogP contribution in [-0.4, -0.2) is 43.0 Å². The van der Waals surface area contributed by atoms with Gasteiger partial charge in [-0.2, -0.15) is 0 Å². The molecule has 1 amide bonds. The van der Waals surface area contributed by atoms with E-state index in [2.05, 4.69) is 10.3 Å². The predicted molar refractivity (Wildman–Crippen MR) is 95.2 cm³/mol. The summed E-state index contributed by atoms with van der Waals surface area (Å²) < 4.78 is 0. The highest BCUT2D eigenvalue weighted by Gasteiger charge is 2.12. The Labute approximate surface area is 145 Å². The number of likely N-dealkylation sites (N-methyl/N-ethyl adjacent to an activating group) is 2. The Morgan fingerprint density at radius 3 is 2.76 bits per heavy atom. The largest absolute Gasteiger partial charge is 0.344 e. The van der Waals surface area contributed by atoms with Crippen LogP contribution in [0, 0.1) is 0 Å². The van der Waals surface area contributed by atoms with Gasteiger partial charge < -0.3 is 10.2 Å². The van der Waals surface area contributed by atoms with Gasteiger partial charge in [-0.15, -0.1) is 47.5 Å². The van der Waals surface area contributed by atoms with Crippen molar-refractivity contribution in [2.24, 2.45) is 0 Å². The molecular weight excluding hydrogens is 349 g/mol. The Morgan fingerprint density at radius 1 is 1.38 bits per heavy atom. The summed E-state index contributed by atoms with van der Waals surface area (Å²) in [7, 11) is 3.71. The molecule has 0 aliphatic carbocycles. The molecule has 0 aromatic carbocycles. The summed E-state index contributed by atoms with van der Waals surface area (Å²) in [4.78, 5) is 19.4. The van der Waals surface area contributed by atoms with Crippen molar-refractivity contribution in [3.8, 4) is 9.88 Å². The number of hydrogen-bond acceptors (Lipinski definition) is 5. The van der Waals surface area contributed by atoms with E-state index < -0.39 is 0 Å². The molecule has 0 aliphatic rings. The fourth-order valence-corrected chi connectivity index (χ4v) is 3.23. The van der Waals surface area contributed by atoms with Crippen LogP contribution in [0.2, 0.25) is 0 Å². The topological polar surface area (TPSA) is 45.2 Å². The maximum atomic E-state index is 12.0. The van der Waals surface area contributed by atoms with Crippen molar-refractivity contribution in [3.05, 3.63) is 28.6 Å². The smallest absolute Gasteiger partial charge is 0.228 e. The summed E-state index contributed by atoms with van der Waals surface area (Å²) in [6.45, 7) is 1.52. The lowest BCUT2D eigenvalue weighted by Crippen LogP contribution is -2.33. The molecule has 2 aromatic rings. The highest BCUT2D eigenvalue weighted by Crippen LogP contribution is 2.27. The van der Waals surface area contributed by atoms with E-state index in [0.717, 1.165) is 28.7 Å². The highest BCUT2D eigenvalue weighted by molar-refractivity contribution is 7.20. The number of hydrogen-bond donors (Lipinski definition) is 1. The minimum Gasteiger partial charge on any atom is -0.344 e. The van der Waals surface area contributed by atoms with Crippen LogP contribution in [0.4, 0.5) is 0 Å². The molecule has 0 fully saturated rings. The molecule has 0 saturated carbocycles. The van der Waals surface area contributed by atoms with Gasteiger partial charge in [0.1, 0.15) is 5.01 Å². The molecule has 2 rings (SSSR count). The number of halogens is 2. The van der Waals surface area contributed by atoms with Gasteiger partial charge in [-0.3, -0.25) is 4.79 Å². The second-order valence-corrected chi connectivity index (χ2v) is 6.02. The van der Waals surface area contributed by atoms with Crippen LogP contribution >= 0.6 is 47.5 Å². The van der Waals surface area contributed by atoms with Crippen LogP contribution in [0.1, 0.15) is 5.69 Å². The molecular formula is C13H19Cl2N3OS2. The van der Waals surface area contributed by atoms with Crippen LogP contribution in [0.15, 0.2) is 22.9 Å². The Balaban J connectivity index is 0.00000200. The summed E-state index contributed by atoms with van der Waals surface area (Å²) in [5.41, 5.74) is 0.856. The van der Waals surface area contributed by atoms with E-state index in [4.69, 9.17) is 0 Å². The summed E-state index contributed by atoms with van der Waals surface area (Å²) in [6, 6.07) is 4.06. The van der Waals surface area contributed by atoms with Crippen molar-refractivity contribution in [1.29, 1.82) is 0 Å². The molecule has 0 unspecified atom stereocenters. The van der Waals surface area contributed by atoms with Gasteiger partial charge in [0.25, 0.3) is 0 Å². The minimum atomic E-state index is 0. The SMILES string of the molecule is CNCCN(C)C(=O)Cc1csc(-c2cccs2)n1.Cl.Cl. The molecule has 8 heteroatoms. The highest BCUT2D eigenvalue weighted by atomic mass is 35.5. The van der Waals surface area contributed by atoms with Crippen LogP contribution in [-0.2, 0) is 11.2 Å². The minimum absolute atomic E-state index is 0. The van der Waals surface area contributed by atoms with E-state index in [9.17, 15) is 4.79 Å². The van der Waals surface area contributed by atoms with Gasteiger partial charge in [0.15, 0.2) is 0 Å². The first kappa shape index (κ1) is 20.3. The Kier molecular flexibility index (Phi) is 9.81. The number of aromatic nitrogens is 1. The number of nitrogens with zero attached hydrogens (tertiary/aromatic N) is 2. The van der Waals surface area contributed by atoms with Gasteiger partial charge in [0.2, 0.25) is 5.91 Å². The maximum absolute atomic E-state index is 12.0. The average Bonchev–Trinajstić information content (AvgIpc) is 3.05. The van der Waals surface area contributed by atoms with E-state index >= 15 is 0 Å².